The van der Waals surface area contributed by atoms with Crippen LogP contribution in [0.2, 0.25) is 0 Å². The Kier molecular flexibility index (Phi) is 6.49. The lowest BCUT2D eigenvalue weighted by molar-refractivity contribution is -0.323. The molecule has 2 saturated heterocycles. The normalized spacial score (nSPS) is 30.8. The van der Waals surface area contributed by atoms with Crippen LogP contribution in [0, 0.1) is 5.92 Å². The fourth-order valence-corrected chi connectivity index (χ4v) is 5.54. The van der Waals surface area contributed by atoms with Crippen LogP contribution in [0.25, 0.3) is 5.83 Å². The van der Waals surface area contributed by atoms with E-state index in [4.69, 9.17) is 9.26 Å². The van der Waals surface area contributed by atoms with Crippen molar-refractivity contribution in [1.82, 2.24) is 10.1 Å². The number of aldehydes is 1. The van der Waals surface area contributed by atoms with Crippen molar-refractivity contribution in [2.75, 3.05) is 31.1 Å². The van der Waals surface area contributed by atoms with Crippen LogP contribution in [0.4, 0.5) is 28.2 Å². The first kappa shape index (κ1) is 24.0. The molecule has 2 unspecified atom stereocenters. The first-order valence-corrected chi connectivity index (χ1v) is 11.3. The van der Waals surface area contributed by atoms with Gasteiger partial charge in [-0.05, 0) is 13.8 Å². The lowest BCUT2D eigenvalue weighted by atomic mass is 9.80. The number of amides is 1. The van der Waals surface area contributed by atoms with Gasteiger partial charge >= 0.3 is 6.36 Å². The third-order valence-corrected chi connectivity index (χ3v) is 6.95. The molecule has 4 rings (SSSR count). The van der Waals surface area contributed by atoms with Gasteiger partial charge in [-0.2, -0.15) is 0 Å². The molecule has 13 heteroatoms. The van der Waals surface area contributed by atoms with Gasteiger partial charge in [0.05, 0.1) is 41.2 Å². The smallest absolute Gasteiger partial charge is 0.372 e. The third-order valence-electron chi connectivity index (χ3n) is 5.91. The van der Waals surface area contributed by atoms with E-state index in [0.29, 0.717) is 31.1 Å². The molecule has 182 valence electrons. The molecule has 0 bridgehead atoms. The van der Waals surface area contributed by atoms with Gasteiger partial charge in [-0.15, -0.1) is 13.2 Å². The summed E-state index contributed by atoms with van der Waals surface area (Å²) in [6.45, 7) is 5.37. The predicted molar refractivity (Wildman–Crippen MR) is 110 cm³/mol. The third kappa shape index (κ3) is 4.62. The van der Waals surface area contributed by atoms with Gasteiger partial charge in [0.1, 0.15) is 6.29 Å². The molecule has 2 aliphatic heterocycles. The second kappa shape index (κ2) is 8.91. The van der Waals surface area contributed by atoms with Crippen molar-refractivity contribution in [2.45, 2.75) is 50.5 Å². The maximum atomic E-state index is 15.7. The summed E-state index contributed by atoms with van der Waals surface area (Å²) >= 11 is 0.678. The number of ether oxygens (including phenoxy) is 2. The van der Waals surface area contributed by atoms with E-state index in [9.17, 15) is 22.8 Å². The summed E-state index contributed by atoms with van der Waals surface area (Å²) in [5, 5.41) is 2.53. The van der Waals surface area contributed by atoms with Crippen LogP contribution >= 0.6 is 11.8 Å². The highest BCUT2D eigenvalue weighted by atomic mass is 32.2. The molecule has 3 aliphatic rings. The van der Waals surface area contributed by atoms with E-state index in [0.717, 1.165) is 4.90 Å². The first-order chi connectivity index (χ1) is 15.5. The number of rotatable bonds is 5. The molecule has 0 N–H and O–H groups in total. The fourth-order valence-electron chi connectivity index (χ4n) is 4.61. The highest BCUT2D eigenvalue weighted by molar-refractivity contribution is 8.14. The maximum absolute atomic E-state index is 15.7. The molecule has 0 saturated carbocycles. The maximum Gasteiger partial charge on any atom is 0.522 e. The van der Waals surface area contributed by atoms with Crippen molar-refractivity contribution >= 4 is 34.9 Å². The lowest BCUT2D eigenvalue weighted by Gasteiger charge is -2.41. The monoisotopic (exact) mass is 493 g/mol. The number of thioether (sulfide) groups is 1. The average Bonchev–Trinajstić information content (AvgIpc) is 3.31. The van der Waals surface area contributed by atoms with Gasteiger partial charge in [-0.25, -0.2) is 4.39 Å². The molecule has 1 aliphatic carbocycles. The van der Waals surface area contributed by atoms with Gasteiger partial charge in [-0.3, -0.25) is 14.4 Å². The number of morpholine rings is 1. The van der Waals surface area contributed by atoms with E-state index >= 15 is 4.39 Å². The van der Waals surface area contributed by atoms with Gasteiger partial charge in [0.15, 0.2) is 11.6 Å². The molecule has 0 spiro atoms. The molecule has 3 heterocycles. The number of carbonyl (C=O) groups excluding carboxylic acids is 2. The zero-order chi connectivity index (χ0) is 24.1. The van der Waals surface area contributed by atoms with Crippen LogP contribution in [0.5, 0.6) is 0 Å². The Bertz CT molecular complexity index is 958. The number of nitrogens with zero attached hydrogens (tertiary/aromatic N) is 3. The van der Waals surface area contributed by atoms with Crippen LogP contribution in [0.3, 0.4) is 0 Å². The van der Waals surface area contributed by atoms with Crippen LogP contribution in [-0.2, 0) is 14.3 Å². The number of anilines is 1. The molecule has 1 aromatic rings. The number of fused-ring (bicyclic) bond motifs is 1. The summed E-state index contributed by atoms with van der Waals surface area (Å²) in [6, 6.07) is 0. The van der Waals surface area contributed by atoms with Gasteiger partial charge < -0.3 is 19.0 Å². The number of hydrogen-bond acceptors (Lipinski definition) is 8. The SMILES string of the molecule is CC1c2c(N3C[C@H](COC(F)(F)F)SC3=O)noc2C(F)=C(N2C[C@@H](C)O[C@H](C)C2)C1C=O. The molecule has 33 heavy (non-hydrogen) atoms. The Morgan fingerprint density at radius 1 is 1.21 bits per heavy atom. The molecule has 0 aromatic carbocycles. The second-order valence-electron chi connectivity index (χ2n) is 8.43. The van der Waals surface area contributed by atoms with Crippen LogP contribution in [0.1, 0.15) is 38.0 Å². The van der Waals surface area contributed by atoms with E-state index in [1.54, 1.807) is 11.8 Å². The molecule has 8 nitrogen and oxygen atoms in total. The van der Waals surface area contributed by atoms with Crippen molar-refractivity contribution in [3.8, 4) is 0 Å². The van der Waals surface area contributed by atoms with Crippen molar-refractivity contribution in [1.29, 1.82) is 0 Å². The molecule has 5 atom stereocenters. The van der Waals surface area contributed by atoms with Crippen molar-refractivity contribution in [3.63, 3.8) is 0 Å². The Balaban J connectivity index is 1.65. The quantitative estimate of drug-likeness (QED) is 0.451. The summed E-state index contributed by atoms with van der Waals surface area (Å²) in [6.07, 6.45) is -4.49. The van der Waals surface area contributed by atoms with Gasteiger partial charge in [0.25, 0.3) is 5.24 Å². The van der Waals surface area contributed by atoms with E-state index in [1.165, 1.54) is 0 Å². The summed E-state index contributed by atoms with van der Waals surface area (Å²) < 4.78 is 67.6. The van der Waals surface area contributed by atoms with Crippen LogP contribution < -0.4 is 4.90 Å². The van der Waals surface area contributed by atoms with Crippen molar-refractivity contribution in [3.05, 3.63) is 17.0 Å². The Morgan fingerprint density at radius 3 is 2.48 bits per heavy atom. The topological polar surface area (TPSA) is 85.1 Å². The molecule has 1 amide bonds. The number of allylic oxidation sites excluding steroid dienone is 1. The highest BCUT2D eigenvalue weighted by Crippen LogP contribution is 2.49. The lowest BCUT2D eigenvalue weighted by Crippen LogP contribution is -2.47. The minimum Gasteiger partial charge on any atom is -0.372 e. The van der Waals surface area contributed by atoms with E-state index < -0.39 is 41.1 Å². The van der Waals surface area contributed by atoms with Crippen LogP contribution in [-0.4, -0.2) is 71.6 Å². The fraction of sp³-hybridized carbons (Fsp3) is 0.650. The van der Waals surface area contributed by atoms with Gasteiger partial charge in [0.2, 0.25) is 5.76 Å². The van der Waals surface area contributed by atoms with Crippen molar-refractivity contribution in [2.24, 2.45) is 5.92 Å². The zero-order valence-corrected chi connectivity index (χ0v) is 18.9. The van der Waals surface area contributed by atoms with E-state index in [-0.39, 0.29) is 41.6 Å². The second-order valence-corrected chi connectivity index (χ2v) is 9.69. The van der Waals surface area contributed by atoms with E-state index in [1.807, 2.05) is 13.8 Å². The standard InChI is InChI=1S/C20H23F4N3O5S/c1-9-4-26(5-10(2)31-9)16-13(7-28)11(3)14-17(15(16)21)32-25-18(14)27-6-12(33-19(27)29)8-30-20(22,23)24/h7,9-13H,4-6,8H2,1-3H3/t9-,10-,11?,12-,13?/m1/s1. The van der Waals surface area contributed by atoms with Crippen LogP contribution in [0.15, 0.2) is 10.2 Å². The predicted octanol–water partition coefficient (Wildman–Crippen LogP) is 3.93. The molecule has 1 aromatic heterocycles. The van der Waals surface area contributed by atoms with E-state index in [2.05, 4.69) is 9.89 Å². The summed E-state index contributed by atoms with van der Waals surface area (Å²) in [7, 11) is 0. The average molecular weight is 493 g/mol. The number of hydrogen-bond donors (Lipinski definition) is 0. The Hall–Kier alpha value is -2.12. The minimum atomic E-state index is -4.81. The molecule has 0 radical (unpaired) electrons. The summed E-state index contributed by atoms with van der Waals surface area (Å²) in [5.41, 5.74) is 0.433. The van der Waals surface area contributed by atoms with Gasteiger partial charge in [-0.1, -0.05) is 23.8 Å². The Morgan fingerprint density at radius 2 is 1.88 bits per heavy atom. The molecule has 2 fully saturated rings. The first-order valence-electron chi connectivity index (χ1n) is 10.4. The van der Waals surface area contributed by atoms with Gasteiger partial charge in [0, 0.05) is 25.6 Å². The number of aromatic nitrogens is 1. The van der Waals surface area contributed by atoms with Crippen molar-refractivity contribution < 1.29 is 41.1 Å². The highest BCUT2D eigenvalue weighted by Gasteiger charge is 2.45. The largest absolute Gasteiger partial charge is 0.522 e. The minimum absolute atomic E-state index is 0.00859. The zero-order valence-electron chi connectivity index (χ0n) is 18.1. The number of carbonyl (C=O) groups is 2. The Labute approximate surface area is 191 Å². The number of alkyl halides is 3. The summed E-state index contributed by atoms with van der Waals surface area (Å²) in [4.78, 5) is 27.5. The molecular formula is C20H23F4N3O5S. The molecular weight excluding hydrogens is 470 g/mol. The summed E-state index contributed by atoms with van der Waals surface area (Å²) in [5.74, 6) is -2.34. The number of halogens is 4.